The monoisotopic (exact) mass is 440 g/mol. The minimum Gasteiger partial charge on any atom is -0.381 e. The van der Waals surface area contributed by atoms with Crippen LogP contribution in [0.1, 0.15) is 156 Å². The van der Waals surface area contributed by atoms with Crippen molar-refractivity contribution in [2.75, 3.05) is 26.4 Å². The van der Waals surface area contributed by atoms with E-state index in [2.05, 4.69) is 27.7 Å². The minimum absolute atomic E-state index is 0.136. The van der Waals surface area contributed by atoms with Crippen molar-refractivity contribution < 1.29 is 9.47 Å². The van der Waals surface area contributed by atoms with E-state index in [0.717, 1.165) is 26.4 Å². The largest absolute Gasteiger partial charge is 0.381 e. The van der Waals surface area contributed by atoms with Crippen LogP contribution < -0.4 is 0 Å². The maximum Gasteiger partial charge on any atom is 0.0539 e. The molecule has 0 bridgehead atoms. The van der Waals surface area contributed by atoms with Gasteiger partial charge in [-0.05, 0) is 12.8 Å². The lowest BCUT2D eigenvalue weighted by molar-refractivity contribution is -0.00512. The van der Waals surface area contributed by atoms with Gasteiger partial charge in [-0.1, -0.05) is 143 Å². The summed E-state index contributed by atoms with van der Waals surface area (Å²) in [7, 11) is 0. The second-order valence-corrected chi connectivity index (χ2v) is 10.6. The smallest absolute Gasteiger partial charge is 0.0539 e. The zero-order chi connectivity index (χ0) is 22.9. The Labute approximate surface area is 197 Å². The number of ether oxygens (including phenoxy) is 2. The molecule has 188 valence electrons. The highest BCUT2D eigenvalue weighted by molar-refractivity contribution is 4.66. The molecule has 0 heterocycles. The first-order valence-electron chi connectivity index (χ1n) is 14.3. The lowest BCUT2D eigenvalue weighted by Gasteiger charge is -2.24. The van der Waals surface area contributed by atoms with Crippen LogP contribution in [0.25, 0.3) is 0 Å². The van der Waals surface area contributed by atoms with E-state index in [9.17, 15) is 0 Å². The highest BCUT2D eigenvalue weighted by Gasteiger charge is 2.18. The van der Waals surface area contributed by atoms with Crippen LogP contribution in [0.4, 0.5) is 0 Å². The zero-order valence-corrected chi connectivity index (χ0v) is 22.3. The molecule has 0 saturated heterocycles. The quantitative estimate of drug-likeness (QED) is 0.125. The fourth-order valence-electron chi connectivity index (χ4n) is 4.12. The Morgan fingerprint density at radius 3 is 0.935 bits per heavy atom. The van der Waals surface area contributed by atoms with Crippen LogP contribution in [-0.2, 0) is 9.47 Å². The summed E-state index contributed by atoms with van der Waals surface area (Å²) in [5.41, 5.74) is 0.136. The maximum atomic E-state index is 5.95. The molecule has 31 heavy (non-hydrogen) atoms. The van der Waals surface area contributed by atoms with Gasteiger partial charge in [-0.2, -0.15) is 0 Å². The molecule has 0 saturated carbocycles. The molecular formula is C29H60O2. The molecule has 0 N–H and O–H groups in total. The van der Waals surface area contributed by atoms with Crippen LogP contribution in [-0.4, -0.2) is 26.4 Å². The highest BCUT2D eigenvalue weighted by Crippen LogP contribution is 2.17. The molecule has 2 nitrogen and oxygen atoms in total. The molecule has 0 fully saturated rings. The van der Waals surface area contributed by atoms with E-state index >= 15 is 0 Å². The summed E-state index contributed by atoms with van der Waals surface area (Å²) in [6.45, 7) is 12.6. The molecule has 0 aromatic heterocycles. The number of hydrogen-bond donors (Lipinski definition) is 0. The van der Waals surface area contributed by atoms with Crippen LogP contribution in [0.15, 0.2) is 0 Å². The Morgan fingerprint density at radius 2 is 0.645 bits per heavy atom. The number of unbranched alkanes of at least 4 members (excludes halogenated alkanes) is 18. The van der Waals surface area contributed by atoms with E-state index in [1.807, 2.05) is 0 Å². The molecule has 0 unspecified atom stereocenters. The molecule has 0 aliphatic heterocycles. The average molecular weight is 441 g/mol. The van der Waals surface area contributed by atoms with Gasteiger partial charge >= 0.3 is 0 Å². The molecule has 0 aromatic carbocycles. The standard InChI is InChI=1S/C29H60O2/c1-5-7-9-11-13-15-17-19-21-23-25-30-27-29(3,4)28-31-26-24-22-20-18-16-14-12-10-8-6-2/h5-28H2,1-4H3. The first kappa shape index (κ1) is 30.9. The maximum absolute atomic E-state index is 5.95. The van der Waals surface area contributed by atoms with Crippen molar-refractivity contribution >= 4 is 0 Å². The van der Waals surface area contributed by atoms with E-state index in [1.165, 1.54) is 128 Å². The van der Waals surface area contributed by atoms with Gasteiger partial charge in [-0.3, -0.25) is 0 Å². The van der Waals surface area contributed by atoms with E-state index in [0.29, 0.717) is 0 Å². The van der Waals surface area contributed by atoms with Gasteiger partial charge in [0.2, 0.25) is 0 Å². The van der Waals surface area contributed by atoms with Gasteiger partial charge in [0, 0.05) is 18.6 Å². The summed E-state index contributed by atoms with van der Waals surface area (Å²) in [5, 5.41) is 0. The molecule has 0 aliphatic rings. The number of rotatable bonds is 26. The second kappa shape index (κ2) is 24.6. The lowest BCUT2D eigenvalue weighted by atomic mass is 9.96. The van der Waals surface area contributed by atoms with E-state index in [4.69, 9.17) is 9.47 Å². The van der Waals surface area contributed by atoms with Crippen LogP contribution >= 0.6 is 0 Å². The zero-order valence-electron chi connectivity index (χ0n) is 22.3. The average Bonchev–Trinajstić information content (AvgIpc) is 2.75. The third-order valence-corrected chi connectivity index (χ3v) is 6.27. The van der Waals surface area contributed by atoms with Gasteiger partial charge in [-0.25, -0.2) is 0 Å². The second-order valence-electron chi connectivity index (χ2n) is 10.6. The third kappa shape index (κ3) is 26.1. The first-order valence-corrected chi connectivity index (χ1v) is 14.3. The van der Waals surface area contributed by atoms with Gasteiger partial charge in [-0.15, -0.1) is 0 Å². The summed E-state index contributed by atoms with van der Waals surface area (Å²) in [5.74, 6) is 0. The van der Waals surface area contributed by atoms with E-state index in [-0.39, 0.29) is 5.41 Å². The summed E-state index contributed by atoms with van der Waals surface area (Å²) < 4.78 is 11.9. The van der Waals surface area contributed by atoms with Crippen molar-refractivity contribution in [2.45, 2.75) is 156 Å². The van der Waals surface area contributed by atoms with Crippen LogP contribution in [0, 0.1) is 5.41 Å². The summed E-state index contributed by atoms with van der Waals surface area (Å²) >= 11 is 0. The van der Waals surface area contributed by atoms with Gasteiger partial charge < -0.3 is 9.47 Å². The normalized spacial score (nSPS) is 12.0. The Bertz CT molecular complexity index is 297. The van der Waals surface area contributed by atoms with Crippen molar-refractivity contribution in [3.8, 4) is 0 Å². The van der Waals surface area contributed by atoms with E-state index in [1.54, 1.807) is 0 Å². The van der Waals surface area contributed by atoms with Crippen molar-refractivity contribution in [3.05, 3.63) is 0 Å². The molecule has 0 radical (unpaired) electrons. The molecule has 0 spiro atoms. The molecule has 0 atom stereocenters. The topological polar surface area (TPSA) is 18.5 Å². The van der Waals surface area contributed by atoms with Crippen LogP contribution in [0.5, 0.6) is 0 Å². The molecule has 0 amide bonds. The Balaban J connectivity index is 3.29. The predicted molar refractivity (Wildman–Crippen MR) is 139 cm³/mol. The predicted octanol–water partition coefficient (Wildman–Crippen LogP) is 9.89. The van der Waals surface area contributed by atoms with Crippen LogP contribution in [0.3, 0.4) is 0 Å². The van der Waals surface area contributed by atoms with Gasteiger partial charge in [0.05, 0.1) is 13.2 Å². The van der Waals surface area contributed by atoms with Crippen molar-refractivity contribution in [1.29, 1.82) is 0 Å². The lowest BCUT2D eigenvalue weighted by Crippen LogP contribution is -2.26. The fraction of sp³-hybridized carbons (Fsp3) is 1.00. The van der Waals surface area contributed by atoms with Crippen LogP contribution in [0.2, 0.25) is 0 Å². The van der Waals surface area contributed by atoms with Gasteiger partial charge in [0.25, 0.3) is 0 Å². The van der Waals surface area contributed by atoms with Crippen molar-refractivity contribution in [3.63, 3.8) is 0 Å². The highest BCUT2D eigenvalue weighted by atomic mass is 16.5. The Morgan fingerprint density at radius 1 is 0.387 bits per heavy atom. The molecular weight excluding hydrogens is 380 g/mol. The molecule has 0 rings (SSSR count). The minimum atomic E-state index is 0.136. The van der Waals surface area contributed by atoms with Gasteiger partial charge in [0.1, 0.15) is 0 Å². The summed E-state index contributed by atoms with van der Waals surface area (Å²) in [6, 6.07) is 0. The SMILES string of the molecule is CCCCCCCCCCCCOCC(C)(C)COCCCCCCCCCCCC. The van der Waals surface area contributed by atoms with Crippen molar-refractivity contribution in [1.82, 2.24) is 0 Å². The summed E-state index contributed by atoms with van der Waals surface area (Å²) in [4.78, 5) is 0. The summed E-state index contributed by atoms with van der Waals surface area (Å²) in [6.07, 6.45) is 27.6. The molecule has 0 aromatic rings. The fourth-order valence-corrected chi connectivity index (χ4v) is 4.12. The Hall–Kier alpha value is -0.0800. The molecule has 2 heteroatoms. The first-order chi connectivity index (χ1) is 15.1. The Kier molecular flexibility index (Phi) is 24.5. The van der Waals surface area contributed by atoms with Gasteiger partial charge in [0.15, 0.2) is 0 Å². The van der Waals surface area contributed by atoms with Crippen molar-refractivity contribution in [2.24, 2.45) is 5.41 Å². The molecule has 0 aliphatic carbocycles. The number of hydrogen-bond acceptors (Lipinski definition) is 2. The van der Waals surface area contributed by atoms with E-state index < -0.39 is 0 Å². The third-order valence-electron chi connectivity index (χ3n) is 6.27.